The molecule has 1 fully saturated rings. The van der Waals surface area contributed by atoms with Gasteiger partial charge in [0.25, 0.3) is 0 Å². The molecule has 1 saturated heterocycles. The van der Waals surface area contributed by atoms with E-state index in [0.29, 0.717) is 5.92 Å². The summed E-state index contributed by atoms with van der Waals surface area (Å²) in [6.07, 6.45) is 2.77. The Bertz CT molecular complexity index is 280. The average Bonchev–Trinajstić information content (AvgIpc) is 2.33. The first-order chi connectivity index (χ1) is 7.42. The molecule has 1 aliphatic heterocycles. The van der Waals surface area contributed by atoms with Crippen LogP contribution in [-0.2, 0) is 4.74 Å². The Labute approximate surface area is 91.6 Å². The summed E-state index contributed by atoms with van der Waals surface area (Å²) in [5, 5.41) is 3.44. The van der Waals surface area contributed by atoms with Crippen LogP contribution >= 0.6 is 0 Å². The van der Waals surface area contributed by atoms with Crippen LogP contribution in [0.2, 0.25) is 0 Å². The molecular weight excluding hydrogens is 186 g/mol. The van der Waals surface area contributed by atoms with Crippen LogP contribution in [0.1, 0.15) is 24.5 Å². The summed E-state index contributed by atoms with van der Waals surface area (Å²) in [4.78, 5) is 0. The minimum atomic E-state index is 0.249. The normalized spacial score (nSPS) is 23.7. The summed E-state index contributed by atoms with van der Waals surface area (Å²) in [5.74, 6) is 0.617. The van der Waals surface area contributed by atoms with Gasteiger partial charge in [0.1, 0.15) is 0 Å². The van der Waals surface area contributed by atoms with E-state index in [0.717, 1.165) is 13.1 Å². The van der Waals surface area contributed by atoms with Crippen molar-refractivity contribution in [2.45, 2.75) is 18.9 Å². The molecule has 2 heteroatoms. The average molecular weight is 205 g/mol. The van der Waals surface area contributed by atoms with Gasteiger partial charge in [-0.05, 0) is 24.9 Å². The third-order valence-electron chi connectivity index (χ3n) is 3.15. The van der Waals surface area contributed by atoms with Gasteiger partial charge in [0.05, 0.1) is 6.10 Å². The van der Waals surface area contributed by atoms with Crippen LogP contribution in [0.25, 0.3) is 0 Å². The van der Waals surface area contributed by atoms with Crippen molar-refractivity contribution in [1.82, 2.24) is 5.32 Å². The second kappa shape index (κ2) is 5.29. The Morgan fingerprint density at radius 2 is 2.13 bits per heavy atom. The highest BCUT2D eigenvalue weighted by atomic mass is 16.5. The SMILES string of the molecule is COC(c1ccccc1)C1CCCNC1. The van der Waals surface area contributed by atoms with Gasteiger partial charge in [-0.25, -0.2) is 0 Å². The summed E-state index contributed by atoms with van der Waals surface area (Å²) >= 11 is 0. The number of hydrogen-bond acceptors (Lipinski definition) is 2. The van der Waals surface area contributed by atoms with Gasteiger partial charge in [-0.3, -0.25) is 0 Å². The molecule has 1 aromatic rings. The third kappa shape index (κ3) is 2.58. The van der Waals surface area contributed by atoms with Gasteiger partial charge >= 0.3 is 0 Å². The molecule has 1 aliphatic rings. The van der Waals surface area contributed by atoms with E-state index >= 15 is 0 Å². The molecule has 1 N–H and O–H groups in total. The van der Waals surface area contributed by atoms with Gasteiger partial charge in [-0.1, -0.05) is 30.3 Å². The number of nitrogens with one attached hydrogen (secondary N) is 1. The minimum absolute atomic E-state index is 0.249. The fourth-order valence-corrected chi connectivity index (χ4v) is 2.38. The molecule has 2 unspecified atom stereocenters. The summed E-state index contributed by atoms with van der Waals surface area (Å²) in [6, 6.07) is 10.5. The standard InChI is InChI=1S/C13H19NO/c1-15-13(11-6-3-2-4-7-11)12-8-5-9-14-10-12/h2-4,6-7,12-14H,5,8-10H2,1H3. The van der Waals surface area contributed by atoms with E-state index in [1.807, 2.05) is 7.11 Å². The summed E-state index contributed by atoms with van der Waals surface area (Å²) in [7, 11) is 1.81. The topological polar surface area (TPSA) is 21.3 Å². The number of ether oxygens (including phenoxy) is 1. The largest absolute Gasteiger partial charge is 0.376 e. The van der Waals surface area contributed by atoms with Gasteiger partial charge in [-0.2, -0.15) is 0 Å². The first-order valence-corrected chi connectivity index (χ1v) is 5.70. The monoisotopic (exact) mass is 205 g/mol. The summed E-state index contributed by atoms with van der Waals surface area (Å²) in [5.41, 5.74) is 1.30. The number of rotatable bonds is 3. The van der Waals surface area contributed by atoms with E-state index in [2.05, 4.69) is 35.6 Å². The molecule has 1 heterocycles. The number of methoxy groups -OCH3 is 1. The zero-order chi connectivity index (χ0) is 10.5. The van der Waals surface area contributed by atoms with E-state index < -0.39 is 0 Å². The Kier molecular flexibility index (Phi) is 3.75. The van der Waals surface area contributed by atoms with E-state index in [-0.39, 0.29) is 6.10 Å². The maximum Gasteiger partial charge on any atom is 0.0861 e. The molecule has 2 nitrogen and oxygen atoms in total. The van der Waals surface area contributed by atoms with Crippen LogP contribution in [0.3, 0.4) is 0 Å². The molecule has 0 amide bonds. The van der Waals surface area contributed by atoms with E-state index in [9.17, 15) is 0 Å². The van der Waals surface area contributed by atoms with Crippen molar-refractivity contribution >= 4 is 0 Å². The second-order valence-electron chi connectivity index (χ2n) is 4.17. The van der Waals surface area contributed by atoms with Crippen molar-refractivity contribution in [3.05, 3.63) is 35.9 Å². The van der Waals surface area contributed by atoms with Gasteiger partial charge in [0.2, 0.25) is 0 Å². The molecule has 0 aliphatic carbocycles. The predicted octanol–water partition coefficient (Wildman–Crippen LogP) is 2.37. The van der Waals surface area contributed by atoms with Crippen molar-refractivity contribution < 1.29 is 4.74 Å². The summed E-state index contributed by atoms with van der Waals surface area (Å²) < 4.78 is 5.64. The molecule has 0 radical (unpaired) electrons. The molecule has 82 valence electrons. The fourth-order valence-electron chi connectivity index (χ4n) is 2.38. The van der Waals surface area contributed by atoms with Crippen LogP contribution in [0.15, 0.2) is 30.3 Å². The maximum absolute atomic E-state index is 5.64. The molecule has 15 heavy (non-hydrogen) atoms. The van der Waals surface area contributed by atoms with Crippen molar-refractivity contribution in [1.29, 1.82) is 0 Å². The van der Waals surface area contributed by atoms with Crippen molar-refractivity contribution in [3.8, 4) is 0 Å². The smallest absolute Gasteiger partial charge is 0.0861 e. The fraction of sp³-hybridized carbons (Fsp3) is 0.538. The molecule has 0 saturated carbocycles. The van der Waals surface area contributed by atoms with Gasteiger partial charge in [-0.15, -0.1) is 0 Å². The van der Waals surface area contributed by atoms with Crippen LogP contribution in [0.5, 0.6) is 0 Å². The van der Waals surface area contributed by atoms with Crippen LogP contribution in [0, 0.1) is 5.92 Å². The lowest BCUT2D eigenvalue weighted by Gasteiger charge is -2.30. The zero-order valence-electron chi connectivity index (χ0n) is 9.28. The van der Waals surface area contributed by atoms with Crippen molar-refractivity contribution in [2.24, 2.45) is 5.92 Å². The molecule has 2 rings (SSSR count). The van der Waals surface area contributed by atoms with Gasteiger partial charge in [0, 0.05) is 19.6 Å². The molecule has 0 aromatic heterocycles. The van der Waals surface area contributed by atoms with Crippen LogP contribution in [0.4, 0.5) is 0 Å². The first-order valence-electron chi connectivity index (χ1n) is 5.70. The quantitative estimate of drug-likeness (QED) is 0.818. The molecule has 0 spiro atoms. The second-order valence-corrected chi connectivity index (χ2v) is 4.17. The van der Waals surface area contributed by atoms with Gasteiger partial charge in [0.15, 0.2) is 0 Å². The number of benzene rings is 1. The molecule has 1 aromatic carbocycles. The van der Waals surface area contributed by atoms with E-state index in [4.69, 9.17) is 4.74 Å². The predicted molar refractivity (Wildman–Crippen MR) is 61.8 cm³/mol. The van der Waals surface area contributed by atoms with Crippen molar-refractivity contribution in [2.75, 3.05) is 20.2 Å². The highest BCUT2D eigenvalue weighted by Crippen LogP contribution is 2.29. The number of hydrogen-bond donors (Lipinski definition) is 1. The Balaban J connectivity index is 2.09. The van der Waals surface area contributed by atoms with Crippen LogP contribution in [-0.4, -0.2) is 20.2 Å². The van der Waals surface area contributed by atoms with E-state index in [1.54, 1.807) is 0 Å². The molecule has 0 bridgehead atoms. The molecule has 2 atom stereocenters. The lowest BCUT2D eigenvalue weighted by atomic mass is 9.89. The lowest BCUT2D eigenvalue weighted by molar-refractivity contribution is 0.0409. The Morgan fingerprint density at radius 3 is 2.73 bits per heavy atom. The first kappa shape index (κ1) is 10.7. The third-order valence-corrected chi connectivity index (χ3v) is 3.15. The highest BCUT2D eigenvalue weighted by molar-refractivity contribution is 5.18. The zero-order valence-corrected chi connectivity index (χ0v) is 9.28. The van der Waals surface area contributed by atoms with E-state index in [1.165, 1.54) is 18.4 Å². The molecular formula is C13H19NO. The Morgan fingerprint density at radius 1 is 1.33 bits per heavy atom. The number of piperidine rings is 1. The van der Waals surface area contributed by atoms with Crippen molar-refractivity contribution in [3.63, 3.8) is 0 Å². The maximum atomic E-state index is 5.64. The highest BCUT2D eigenvalue weighted by Gasteiger charge is 2.24. The lowest BCUT2D eigenvalue weighted by Crippen LogP contribution is -2.33. The van der Waals surface area contributed by atoms with Crippen LogP contribution < -0.4 is 5.32 Å². The Hall–Kier alpha value is -0.860. The minimum Gasteiger partial charge on any atom is -0.376 e. The van der Waals surface area contributed by atoms with Gasteiger partial charge < -0.3 is 10.1 Å². The summed E-state index contributed by atoms with van der Waals surface area (Å²) in [6.45, 7) is 2.23.